The number of fused-ring (bicyclic) bond motifs is 2. The van der Waals surface area contributed by atoms with Crippen LogP contribution in [0, 0.1) is 5.92 Å². The van der Waals surface area contributed by atoms with Crippen molar-refractivity contribution < 1.29 is 13.2 Å². The van der Waals surface area contributed by atoms with E-state index < -0.39 is 9.84 Å². The summed E-state index contributed by atoms with van der Waals surface area (Å²) in [5.74, 6) is 0.517. The molecule has 0 amide bonds. The van der Waals surface area contributed by atoms with Crippen molar-refractivity contribution in [3.63, 3.8) is 0 Å². The van der Waals surface area contributed by atoms with E-state index in [0.29, 0.717) is 36.1 Å². The van der Waals surface area contributed by atoms with Gasteiger partial charge in [-0.15, -0.1) is 0 Å². The Hall–Kier alpha value is -3.75. The van der Waals surface area contributed by atoms with Crippen LogP contribution in [0.5, 0.6) is 0 Å². The molecule has 5 aromatic rings. The fourth-order valence-electron chi connectivity index (χ4n) is 5.26. The number of nitrogens with zero attached hydrogens (tertiary/aromatic N) is 3. The van der Waals surface area contributed by atoms with Crippen molar-refractivity contribution in [3.8, 4) is 11.1 Å². The van der Waals surface area contributed by atoms with Crippen LogP contribution in [0.4, 0.5) is 11.4 Å². The zero-order chi connectivity index (χ0) is 26.1. The van der Waals surface area contributed by atoms with Gasteiger partial charge in [0.05, 0.1) is 27.4 Å². The first-order valence-electron chi connectivity index (χ1n) is 12.9. The smallest absolute Gasteiger partial charge is 0.180 e. The number of hydrogen-bond acceptors (Lipinski definition) is 6. The minimum absolute atomic E-state index is 0.126. The highest BCUT2D eigenvalue weighted by Crippen LogP contribution is 2.34. The molecule has 0 unspecified atom stereocenters. The molecule has 0 atom stereocenters. The van der Waals surface area contributed by atoms with E-state index in [1.54, 1.807) is 24.5 Å². The van der Waals surface area contributed by atoms with Crippen molar-refractivity contribution in [1.29, 1.82) is 0 Å². The molecule has 6 rings (SSSR count). The monoisotopic (exact) mass is 526 g/mol. The number of sulfone groups is 1. The van der Waals surface area contributed by atoms with Crippen molar-refractivity contribution in [1.82, 2.24) is 14.5 Å². The molecule has 1 fully saturated rings. The van der Waals surface area contributed by atoms with E-state index in [0.717, 1.165) is 46.2 Å². The summed E-state index contributed by atoms with van der Waals surface area (Å²) in [6.45, 7) is 1.43. The highest BCUT2D eigenvalue weighted by atomic mass is 32.2. The van der Waals surface area contributed by atoms with Gasteiger partial charge >= 0.3 is 0 Å². The SMILES string of the molecule is Cn1ccc2ccc(-c3cc(Nc4ccccc4S(=O)(=O)CCC4CCOCC4)cc4nccnc34)cc21. The van der Waals surface area contributed by atoms with Crippen LogP contribution in [0.25, 0.3) is 33.1 Å². The van der Waals surface area contributed by atoms with E-state index in [1.165, 1.54) is 5.39 Å². The van der Waals surface area contributed by atoms with Crippen molar-refractivity contribution in [2.45, 2.75) is 24.2 Å². The van der Waals surface area contributed by atoms with Gasteiger partial charge in [-0.05, 0) is 72.5 Å². The van der Waals surface area contributed by atoms with Crippen molar-refractivity contribution in [3.05, 3.63) is 79.3 Å². The van der Waals surface area contributed by atoms with Gasteiger partial charge in [-0.25, -0.2) is 8.42 Å². The third-order valence-corrected chi connectivity index (χ3v) is 9.21. The Balaban J connectivity index is 1.36. The summed E-state index contributed by atoms with van der Waals surface area (Å²) in [4.78, 5) is 9.49. The summed E-state index contributed by atoms with van der Waals surface area (Å²) in [5, 5.41) is 4.56. The second-order valence-corrected chi connectivity index (χ2v) is 12.0. The van der Waals surface area contributed by atoms with Gasteiger partial charge in [-0.2, -0.15) is 0 Å². The van der Waals surface area contributed by atoms with Crippen molar-refractivity contribution in [2.24, 2.45) is 13.0 Å². The zero-order valence-corrected chi connectivity index (χ0v) is 22.1. The van der Waals surface area contributed by atoms with E-state index in [9.17, 15) is 8.42 Å². The Bertz CT molecular complexity index is 1720. The summed E-state index contributed by atoms with van der Waals surface area (Å²) in [5.41, 5.74) is 5.92. The lowest BCUT2D eigenvalue weighted by atomic mass is 9.98. The maximum atomic E-state index is 13.4. The van der Waals surface area contributed by atoms with Gasteiger partial charge in [-0.1, -0.05) is 24.3 Å². The Morgan fingerprint density at radius 3 is 2.68 bits per heavy atom. The fraction of sp³-hybridized carbons (Fsp3) is 0.267. The first-order valence-corrected chi connectivity index (χ1v) is 14.6. The van der Waals surface area contributed by atoms with E-state index in [-0.39, 0.29) is 5.75 Å². The molecule has 0 aliphatic carbocycles. The molecule has 0 saturated carbocycles. The van der Waals surface area contributed by atoms with E-state index in [1.807, 2.05) is 37.5 Å². The highest BCUT2D eigenvalue weighted by Gasteiger charge is 2.22. The summed E-state index contributed by atoms with van der Waals surface area (Å²) in [6.07, 6.45) is 7.90. The number of aromatic nitrogens is 3. The molecule has 0 radical (unpaired) electrons. The molecule has 3 aromatic carbocycles. The van der Waals surface area contributed by atoms with E-state index in [2.05, 4.69) is 44.1 Å². The van der Waals surface area contributed by atoms with Crippen LogP contribution in [-0.4, -0.2) is 41.9 Å². The molecule has 38 heavy (non-hydrogen) atoms. The van der Waals surface area contributed by atoms with Crippen molar-refractivity contribution >= 4 is 43.1 Å². The molecular weight excluding hydrogens is 496 g/mol. The molecule has 1 aliphatic heterocycles. The molecule has 0 bridgehead atoms. The van der Waals surface area contributed by atoms with Crippen LogP contribution in [0.15, 0.2) is 84.1 Å². The maximum absolute atomic E-state index is 13.4. The largest absolute Gasteiger partial charge is 0.381 e. The normalized spacial score (nSPS) is 14.8. The lowest BCUT2D eigenvalue weighted by molar-refractivity contribution is 0.0656. The van der Waals surface area contributed by atoms with Crippen LogP contribution in [0.2, 0.25) is 0 Å². The average molecular weight is 527 g/mol. The Kier molecular flexibility index (Phi) is 6.59. The maximum Gasteiger partial charge on any atom is 0.180 e. The zero-order valence-electron chi connectivity index (χ0n) is 21.3. The number of nitrogens with one attached hydrogen (secondary N) is 1. The lowest BCUT2D eigenvalue weighted by Gasteiger charge is -2.22. The van der Waals surface area contributed by atoms with Crippen LogP contribution < -0.4 is 5.32 Å². The number of rotatable bonds is 7. The Labute approximate surface area is 222 Å². The van der Waals surface area contributed by atoms with E-state index >= 15 is 0 Å². The summed E-state index contributed by atoms with van der Waals surface area (Å²) >= 11 is 0. The number of ether oxygens (including phenoxy) is 1. The lowest BCUT2D eigenvalue weighted by Crippen LogP contribution is -2.19. The fourth-order valence-corrected chi connectivity index (χ4v) is 6.86. The second-order valence-electron chi connectivity index (χ2n) is 9.93. The van der Waals surface area contributed by atoms with Gasteiger partial charge < -0.3 is 14.6 Å². The van der Waals surface area contributed by atoms with Crippen LogP contribution >= 0.6 is 0 Å². The van der Waals surface area contributed by atoms with Crippen LogP contribution in [-0.2, 0) is 21.6 Å². The summed E-state index contributed by atoms with van der Waals surface area (Å²) in [6, 6.07) is 19.5. The molecule has 7 nitrogen and oxygen atoms in total. The number of aryl methyl sites for hydroxylation is 1. The number of benzene rings is 3. The predicted molar refractivity (Wildman–Crippen MR) is 151 cm³/mol. The highest BCUT2D eigenvalue weighted by molar-refractivity contribution is 7.91. The first kappa shape index (κ1) is 24.6. The second kappa shape index (κ2) is 10.2. The van der Waals surface area contributed by atoms with Gasteiger partial charge in [0.25, 0.3) is 0 Å². The summed E-state index contributed by atoms with van der Waals surface area (Å²) in [7, 11) is -1.44. The minimum Gasteiger partial charge on any atom is -0.381 e. The molecule has 1 aliphatic rings. The molecule has 3 heterocycles. The molecule has 1 N–H and O–H groups in total. The van der Waals surface area contributed by atoms with E-state index in [4.69, 9.17) is 4.74 Å². The molecule has 2 aromatic heterocycles. The predicted octanol–water partition coefficient (Wildman–Crippen LogP) is 6.12. The number of hydrogen-bond donors (Lipinski definition) is 1. The van der Waals surface area contributed by atoms with Gasteiger partial charge in [0, 0.05) is 55.6 Å². The Morgan fingerprint density at radius 2 is 1.82 bits per heavy atom. The summed E-state index contributed by atoms with van der Waals surface area (Å²) < 4.78 is 34.4. The van der Waals surface area contributed by atoms with Gasteiger partial charge in [0.2, 0.25) is 0 Å². The van der Waals surface area contributed by atoms with Gasteiger partial charge in [0.15, 0.2) is 9.84 Å². The molecule has 8 heteroatoms. The number of para-hydroxylation sites is 1. The molecular formula is C30H30N4O3S. The Morgan fingerprint density at radius 1 is 1.00 bits per heavy atom. The standard InChI is InChI=1S/C30H30N4O3S/c1-34-14-8-22-6-7-23(18-28(22)34)25-19-24(20-27-30(25)32-13-12-31-27)33-26-4-2-3-5-29(26)38(35,36)17-11-21-9-15-37-16-10-21/h2-8,12-14,18-21,33H,9-11,15-17H2,1H3. The molecule has 194 valence electrons. The van der Waals surface area contributed by atoms with Crippen LogP contribution in [0.1, 0.15) is 19.3 Å². The average Bonchev–Trinajstić information content (AvgIpc) is 3.32. The first-order chi connectivity index (χ1) is 18.5. The number of anilines is 2. The third kappa shape index (κ3) is 4.89. The minimum atomic E-state index is -3.47. The van der Waals surface area contributed by atoms with Gasteiger partial charge in [0.1, 0.15) is 0 Å². The molecule has 1 saturated heterocycles. The van der Waals surface area contributed by atoms with Crippen molar-refractivity contribution in [2.75, 3.05) is 24.3 Å². The molecule has 0 spiro atoms. The topological polar surface area (TPSA) is 86.1 Å². The van der Waals surface area contributed by atoms with Gasteiger partial charge in [-0.3, -0.25) is 9.97 Å². The quantitative estimate of drug-likeness (QED) is 0.275. The van der Waals surface area contributed by atoms with Crippen LogP contribution in [0.3, 0.4) is 0 Å². The third-order valence-electron chi connectivity index (χ3n) is 7.41.